The zero-order valence-corrected chi connectivity index (χ0v) is 12.3. The number of pyridine rings is 1. The molecule has 1 N–H and O–H groups in total. The second-order valence-corrected chi connectivity index (χ2v) is 5.38. The largest absolute Gasteiger partial charge is 0.297 e. The molecule has 0 atom stereocenters. The first-order valence-electron chi connectivity index (χ1n) is 7.04. The molecular weight excluding hydrogens is 276 g/mol. The lowest BCUT2D eigenvalue weighted by atomic mass is 10.0. The van der Waals surface area contributed by atoms with Crippen LogP contribution in [0.3, 0.4) is 0 Å². The highest BCUT2D eigenvalue weighted by molar-refractivity contribution is 6.07. The summed E-state index contributed by atoms with van der Waals surface area (Å²) >= 11 is 0. The Balaban J connectivity index is 1.97. The molecule has 0 aliphatic heterocycles. The van der Waals surface area contributed by atoms with Gasteiger partial charge in [-0.05, 0) is 13.0 Å². The zero-order chi connectivity index (χ0) is 15.3. The number of H-pyrrole nitrogens is 1. The Kier molecular flexibility index (Phi) is 2.63. The van der Waals surface area contributed by atoms with E-state index in [1.54, 1.807) is 13.1 Å². The fourth-order valence-electron chi connectivity index (χ4n) is 2.87. The molecule has 0 spiro atoms. The van der Waals surface area contributed by atoms with Crippen LogP contribution in [-0.2, 0) is 7.05 Å². The number of Topliss-reactive ketones (excluding diaryl/α,β-unsaturated/α-hetero) is 1. The Morgan fingerprint density at radius 3 is 2.59 bits per heavy atom. The van der Waals surface area contributed by atoms with Gasteiger partial charge in [-0.1, -0.05) is 24.3 Å². The van der Waals surface area contributed by atoms with Gasteiger partial charge in [-0.25, -0.2) is 9.97 Å². The third kappa shape index (κ3) is 1.75. The minimum Gasteiger partial charge on any atom is -0.297 e. The summed E-state index contributed by atoms with van der Waals surface area (Å²) in [5.41, 5.74) is 4.55. The summed E-state index contributed by atoms with van der Waals surface area (Å²) in [5, 5.41) is 5.43. The van der Waals surface area contributed by atoms with Crippen LogP contribution < -0.4 is 0 Å². The quantitative estimate of drug-likeness (QED) is 0.576. The van der Waals surface area contributed by atoms with Gasteiger partial charge in [-0.15, -0.1) is 0 Å². The summed E-state index contributed by atoms with van der Waals surface area (Å²) < 4.78 is 1.98. The van der Waals surface area contributed by atoms with Crippen LogP contribution in [0, 0.1) is 0 Å². The number of ketones is 1. The summed E-state index contributed by atoms with van der Waals surface area (Å²) in [6.07, 6.45) is 3.61. The molecule has 3 aromatic heterocycles. The number of nitrogens with zero attached hydrogens (tertiary/aromatic N) is 3. The van der Waals surface area contributed by atoms with Crippen molar-refractivity contribution in [3.63, 3.8) is 0 Å². The van der Waals surface area contributed by atoms with E-state index in [2.05, 4.69) is 15.1 Å². The molecule has 5 nitrogen and oxygen atoms in total. The Hall–Kier alpha value is -2.95. The first-order valence-corrected chi connectivity index (χ1v) is 7.04. The molecule has 3 heterocycles. The van der Waals surface area contributed by atoms with E-state index in [9.17, 15) is 4.79 Å². The van der Waals surface area contributed by atoms with Crippen LogP contribution in [0.15, 0.2) is 42.7 Å². The highest BCUT2D eigenvalue weighted by Gasteiger charge is 2.13. The number of carbonyl (C=O) groups excluding carboxylic acids is 1. The minimum absolute atomic E-state index is 0.0692. The summed E-state index contributed by atoms with van der Waals surface area (Å²) in [5.74, 6) is 0.0692. The Labute approximate surface area is 126 Å². The third-order valence-corrected chi connectivity index (χ3v) is 3.97. The lowest BCUT2D eigenvalue weighted by Crippen LogP contribution is -1.92. The van der Waals surface area contributed by atoms with Crippen LogP contribution in [0.5, 0.6) is 0 Å². The molecule has 0 unspecified atom stereocenters. The van der Waals surface area contributed by atoms with Gasteiger partial charge in [-0.2, -0.15) is 0 Å². The molecule has 1 aromatic carbocycles. The molecule has 0 bridgehead atoms. The van der Waals surface area contributed by atoms with Crippen molar-refractivity contribution < 1.29 is 4.79 Å². The average molecular weight is 290 g/mol. The fourth-order valence-corrected chi connectivity index (χ4v) is 2.87. The number of benzene rings is 1. The molecule has 0 radical (unpaired) electrons. The molecule has 0 aliphatic carbocycles. The number of aromatic nitrogens is 4. The molecule has 4 aromatic rings. The van der Waals surface area contributed by atoms with Gasteiger partial charge < -0.3 is 0 Å². The smallest absolute Gasteiger partial charge is 0.161 e. The molecule has 0 fully saturated rings. The molecule has 0 saturated carbocycles. The third-order valence-electron chi connectivity index (χ3n) is 3.97. The normalized spacial score (nSPS) is 11.4. The van der Waals surface area contributed by atoms with Crippen molar-refractivity contribution in [3.05, 3.63) is 48.3 Å². The predicted octanol–water partition coefficient (Wildman–Crippen LogP) is 3.32. The highest BCUT2D eigenvalue weighted by atomic mass is 16.1. The van der Waals surface area contributed by atoms with Crippen LogP contribution in [0.4, 0.5) is 0 Å². The number of carbonyl (C=O) groups is 1. The monoisotopic (exact) mass is 290 g/mol. The number of aromatic amines is 1. The van der Waals surface area contributed by atoms with Crippen LogP contribution >= 0.6 is 0 Å². The van der Waals surface area contributed by atoms with Crippen molar-refractivity contribution in [1.82, 2.24) is 19.7 Å². The maximum atomic E-state index is 11.4. The molecule has 0 amide bonds. The second-order valence-electron chi connectivity index (χ2n) is 5.38. The lowest BCUT2D eigenvalue weighted by molar-refractivity contribution is 0.101. The SMILES string of the molecule is CC(=O)c1ccc(-c2[nH]n(C)c3c2cnc2nccc23)cc1. The Morgan fingerprint density at radius 1 is 1.09 bits per heavy atom. The van der Waals surface area contributed by atoms with Crippen molar-refractivity contribution >= 4 is 27.7 Å². The van der Waals surface area contributed by atoms with Gasteiger partial charge in [0.25, 0.3) is 0 Å². The van der Waals surface area contributed by atoms with Crippen molar-refractivity contribution in [2.45, 2.75) is 6.92 Å². The molecule has 4 rings (SSSR count). The summed E-state index contributed by atoms with van der Waals surface area (Å²) in [6, 6.07) is 9.58. The van der Waals surface area contributed by atoms with Gasteiger partial charge in [-0.3, -0.25) is 14.6 Å². The van der Waals surface area contributed by atoms with Crippen molar-refractivity contribution in [2.24, 2.45) is 7.05 Å². The molecule has 5 heteroatoms. The van der Waals surface area contributed by atoms with Gasteiger partial charge >= 0.3 is 0 Å². The highest BCUT2D eigenvalue weighted by Crippen LogP contribution is 2.31. The molecule has 0 aliphatic rings. The zero-order valence-electron chi connectivity index (χ0n) is 12.3. The Morgan fingerprint density at radius 2 is 1.86 bits per heavy atom. The maximum absolute atomic E-state index is 11.4. The standard InChI is InChI=1S/C17H14N4O/c1-10(22)11-3-5-12(6-4-11)15-14-9-19-17-13(7-8-18-17)16(14)21(2)20-15/h3-9,20H,1-2H3. The number of fused-ring (bicyclic) bond motifs is 3. The first kappa shape index (κ1) is 12.8. The van der Waals surface area contributed by atoms with E-state index in [4.69, 9.17) is 0 Å². The molecular formula is C17H14N4O. The van der Waals surface area contributed by atoms with E-state index in [1.165, 1.54) is 0 Å². The van der Waals surface area contributed by atoms with Gasteiger partial charge in [0.2, 0.25) is 0 Å². The number of nitrogens with one attached hydrogen (secondary N) is 1. The van der Waals surface area contributed by atoms with Crippen LogP contribution in [0.25, 0.3) is 33.2 Å². The molecule has 22 heavy (non-hydrogen) atoms. The summed E-state index contributed by atoms with van der Waals surface area (Å²) in [6.45, 7) is 1.57. The minimum atomic E-state index is 0.0692. The first-order chi connectivity index (χ1) is 10.6. The van der Waals surface area contributed by atoms with Gasteiger partial charge in [0.1, 0.15) is 0 Å². The summed E-state index contributed by atoms with van der Waals surface area (Å²) in [4.78, 5) is 20.1. The number of hydrogen-bond donors (Lipinski definition) is 1. The second kappa shape index (κ2) is 4.53. The predicted molar refractivity (Wildman–Crippen MR) is 85.8 cm³/mol. The van der Waals surface area contributed by atoms with Crippen molar-refractivity contribution in [1.29, 1.82) is 0 Å². The lowest BCUT2D eigenvalue weighted by Gasteiger charge is -2.01. The Bertz CT molecular complexity index is 1010. The van der Waals surface area contributed by atoms with Crippen LogP contribution in [0.2, 0.25) is 0 Å². The van der Waals surface area contributed by atoms with E-state index in [-0.39, 0.29) is 5.78 Å². The van der Waals surface area contributed by atoms with Gasteiger partial charge in [0.05, 0.1) is 11.2 Å². The van der Waals surface area contributed by atoms with Crippen molar-refractivity contribution in [3.8, 4) is 11.3 Å². The van der Waals surface area contributed by atoms with Crippen LogP contribution in [0.1, 0.15) is 17.3 Å². The number of rotatable bonds is 2. The van der Waals surface area contributed by atoms with E-state index >= 15 is 0 Å². The van der Waals surface area contributed by atoms with Crippen molar-refractivity contribution in [2.75, 3.05) is 0 Å². The summed E-state index contributed by atoms with van der Waals surface area (Å²) in [7, 11) is 1.97. The molecule has 108 valence electrons. The van der Waals surface area contributed by atoms with E-state index < -0.39 is 0 Å². The average Bonchev–Trinajstić information content (AvgIpc) is 3.11. The van der Waals surface area contributed by atoms with E-state index in [0.29, 0.717) is 5.56 Å². The number of aryl methyl sites for hydroxylation is 1. The van der Waals surface area contributed by atoms with Gasteiger partial charge in [0, 0.05) is 41.3 Å². The number of hydrogen-bond acceptors (Lipinski definition) is 3. The topological polar surface area (TPSA) is 63.6 Å². The van der Waals surface area contributed by atoms with E-state index in [0.717, 1.165) is 33.2 Å². The van der Waals surface area contributed by atoms with Crippen LogP contribution in [-0.4, -0.2) is 25.5 Å². The fraction of sp³-hybridized carbons (Fsp3) is 0.118. The molecule has 0 saturated heterocycles. The van der Waals surface area contributed by atoms with E-state index in [1.807, 2.05) is 48.3 Å². The van der Waals surface area contributed by atoms with Gasteiger partial charge in [0.15, 0.2) is 11.4 Å². The maximum Gasteiger partial charge on any atom is 0.161 e.